The van der Waals surface area contributed by atoms with Gasteiger partial charge in [-0.05, 0) is 12.3 Å². The third kappa shape index (κ3) is 9.80. The van der Waals surface area contributed by atoms with Gasteiger partial charge in [0, 0.05) is 12.8 Å². The van der Waals surface area contributed by atoms with Crippen LogP contribution in [0.5, 0.6) is 0 Å². The molecule has 0 aliphatic heterocycles. The van der Waals surface area contributed by atoms with Crippen molar-refractivity contribution in [3.05, 3.63) is 0 Å². The van der Waals surface area contributed by atoms with Gasteiger partial charge in [-0.1, -0.05) is 0 Å². The number of alkyl halides is 6. The zero-order chi connectivity index (χ0) is 12.3. The van der Waals surface area contributed by atoms with Crippen LogP contribution in [-0.4, -0.2) is 23.7 Å². The predicted octanol–water partition coefficient (Wildman–Crippen LogP) is 2.17. The Morgan fingerprint density at radius 3 is 1.47 bits per heavy atom. The van der Waals surface area contributed by atoms with Gasteiger partial charge in [-0.25, -0.2) is 0 Å². The van der Waals surface area contributed by atoms with Gasteiger partial charge in [0.25, 0.3) is 0 Å². The number of hydrogen-bond acceptors (Lipinski definition) is 2. The summed E-state index contributed by atoms with van der Waals surface area (Å²) in [6, 6.07) is 0. The van der Waals surface area contributed by atoms with E-state index in [2.05, 4.69) is 0 Å². The molecule has 3 N–H and O–H groups in total. The molecule has 0 fully saturated rings. The lowest BCUT2D eigenvalue weighted by Crippen LogP contribution is -2.28. The topological polar surface area (TPSA) is 46.2 Å². The van der Waals surface area contributed by atoms with E-state index in [-0.39, 0.29) is 0 Å². The highest BCUT2D eigenvalue weighted by Crippen LogP contribution is 2.34. The Balaban J connectivity index is 4.32. The van der Waals surface area contributed by atoms with E-state index in [4.69, 9.17) is 10.8 Å². The van der Waals surface area contributed by atoms with E-state index in [0.717, 1.165) is 0 Å². The molecule has 0 radical (unpaired) electrons. The molecular weight excluding hydrogens is 228 g/mol. The minimum Gasteiger partial charge on any atom is -0.379 e. The summed E-state index contributed by atoms with van der Waals surface area (Å²) >= 11 is 0. The molecule has 0 rings (SSSR count). The fraction of sp³-hybridized carbons (Fsp3) is 1.00. The molecule has 0 bridgehead atoms. The van der Waals surface area contributed by atoms with Crippen LogP contribution in [-0.2, 0) is 0 Å². The van der Waals surface area contributed by atoms with Crippen molar-refractivity contribution in [3.63, 3.8) is 0 Å². The van der Waals surface area contributed by atoms with Crippen LogP contribution in [0.15, 0.2) is 0 Å². The first-order chi connectivity index (χ1) is 6.49. The molecule has 0 heterocycles. The van der Waals surface area contributed by atoms with Gasteiger partial charge in [-0.3, -0.25) is 0 Å². The first-order valence-electron chi connectivity index (χ1n) is 4.07. The van der Waals surface area contributed by atoms with Crippen molar-refractivity contribution < 1.29 is 31.4 Å². The summed E-state index contributed by atoms with van der Waals surface area (Å²) in [6.07, 6.45) is -15.0. The minimum atomic E-state index is -4.69. The first-order valence-corrected chi connectivity index (χ1v) is 4.07. The standard InChI is InChI=1S/C7H11F6NO/c8-6(9,10)2-4(1-5(14)15)3-7(11,12)13/h4-5,15H,1-3,14H2. The summed E-state index contributed by atoms with van der Waals surface area (Å²) in [7, 11) is 0. The van der Waals surface area contributed by atoms with Gasteiger partial charge >= 0.3 is 12.4 Å². The Hall–Kier alpha value is -0.500. The summed E-state index contributed by atoms with van der Waals surface area (Å²) in [5.74, 6) is -1.73. The monoisotopic (exact) mass is 239 g/mol. The van der Waals surface area contributed by atoms with Crippen LogP contribution in [0.3, 0.4) is 0 Å². The number of hydrogen-bond donors (Lipinski definition) is 2. The fourth-order valence-corrected chi connectivity index (χ4v) is 1.24. The molecule has 0 aromatic carbocycles. The maximum Gasteiger partial charge on any atom is 0.389 e. The zero-order valence-electron chi connectivity index (χ0n) is 7.57. The second kappa shape index (κ2) is 5.02. The number of rotatable bonds is 4. The number of halogens is 6. The molecule has 1 atom stereocenters. The van der Waals surface area contributed by atoms with Gasteiger partial charge in [-0.2, -0.15) is 26.3 Å². The SMILES string of the molecule is NC(O)CC(CC(F)(F)F)CC(F)(F)F. The Labute approximate surface area is 82.1 Å². The van der Waals surface area contributed by atoms with Gasteiger partial charge in [0.05, 0.1) is 0 Å². The molecule has 0 saturated heterocycles. The summed E-state index contributed by atoms with van der Waals surface area (Å²) in [6.45, 7) is 0. The highest BCUT2D eigenvalue weighted by atomic mass is 19.4. The molecule has 15 heavy (non-hydrogen) atoms. The van der Waals surface area contributed by atoms with Crippen LogP contribution in [0.4, 0.5) is 26.3 Å². The second-order valence-corrected chi connectivity index (χ2v) is 3.31. The number of aliphatic hydroxyl groups excluding tert-OH is 1. The first kappa shape index (κ1) is 14.5. The molecule has 0 aliphatic rings. The van der Waals surface area contributed by atoms with Crippen molar-refractivity contribution in [3.8, 4) is 0 Å². The zero-order valence-corrected chi connectivity index (χ0v) is 7.57. The lowest BCUT2D eigenvalue weighted by atomic mass is 9.96. The lowest BCUT2D eigenvalue weighted by Gasteiger charge is -2.21. The number of aliphatic hydroxyl groups is 1. The normalized spacial score (nSPS) is 15.8. The van der Waals surface area contributed by atoms with Gasteiger partial charge in [-0.15, -0.1) is 0 Å². The average Bonchev–Trinajstić information content (AvgIpc) is 1.73. The van der Waals surface area contributed by atoms with E-state index >= 15 is 0 Å². The predicted molar refractivity (Wildman–Crippen MR) is 39.6 cm³/mol. The van der Waals surface area contributed by atoms with Crippen LogP contribution in [0.1, 0.15) is 19.3 Å². The highest BCUT2D eigenvalue weighted by Gasteiger charge is 2.39. The maximum atomic E-state index is 11.8. The van der Waals surface area contributed by atoms with E-state index in [1.54, 1.807) is 0 Å². The van der Waals surface area contributed by atoms with Crippen molar-refractivity contribution in [1.29, 1.82) is 0 Å². The van der Waals surface area contributed by atoms with Gasteiger partial charge < -0.3 is 10.8 Å². The van der Waals surface area contributed by atoms with Crippen molar-refractivity contribution in [2.24, 2.45) is 11.7 Å². The molecule has 0 amide bonds. The van der Waals surface area contributed by atoms with Crippen LogP contribution in [0.2, 0.25) is 0 Å². The van der Waals surface area contributed by atoms with E-state index in [9.17, 15) is 26.3 Å². The van der Waals surface area contributed by atoms with Crippen LogP contribution >= 0.6 is 0 Å². The molecule has 0 aliphatic carbocycles. The molecule has 2 nitrogen and oxygen atoms in total. The van der Waals surface area contributed by atoms with Gasteiger partial charge in [0.15, 0.2) is 0 Å². The summed E-state index contributed by atoms with van der Waals surface area (Å²) in [5, 5.41) is 8.56. The second-order valence-electron chi connectivity index (χ2n) is 3.31. The Morgan fingerprint density at radius 1 is 0.933 bits per heavy atom. The molecule has 92 valence electrons. The Bertz CT molecular complexity index is 171. The quantitative estimate of drug-likeness (QED) is 0.583. The molecule has 0 aromatic heterocycles. The largest absolute Gasteiger partial charge is 0.389 e. The molecule has 0 spiro atoms. The third-order valence-electron chi connectivity index (χ3n) is 1.62. The Kier molecular flexibility index (Phi) is 4.85. The highest BCUT2D eigenvalue weighted by molar-refractivity contribution is 4.70. The van der Waals surface area contributed by atoms with Crippen LogP contribution in [0, 0.1) is 5.92 Å². The lowest BCUT2D eigenvalue weighted by molar-refractivity contribution is -0.175. The molecular formula is C7H11F6NO. The van der Waals surface area contributed by atoms with Gasteiger partial charge in [0.2, 0.25) is 0 Å². The fourth-order valence-electron chi connectivity index (χ4n) is 1.24. The Morgan fingerprint density at radius 2 is 1.27 bits per heavy atom. The summed E-state index contributed by atoms with van der Waals surface area (Å²) < 4.78 is 71.0. The molecule has 0 aromatic rings. The van der Waals surface area contributed by atoms with E-state index in [1.165, 1.54) is 0 Å². The van der Waals surface area contributed by atoms with Crippen molar-refractivity contribution in [2.45, 2.75) is 37.8 Å². The average molecular weight is 239 g/mol. The smallest absolute Gasteiger partial charge is 0.379 e. The molecule has 1 unspecified atom stereocenters. The van der Waals surface area contributed by atoms with Crippen molar-refractivity contribution in [2.75, 3.05) is 0 Å². The maximum absolute atomic E-state index is 11.8. The molecule has 8 heteroatoms. The summed E-state index contributed by atoms with van der Waals surface area (Å²) in [4.78, 5) is 0. The van der Waals surface area contributed by atoms with Crippen molar-refractivity contribution in [1.82, 2.24) is 0 Å². The molecule has 0 saturated carbocycles. The van der Waals surface area contributed by atoms with Crippen molar-refractivity contribution >= 4 is 0 Å². The van der Waals surface area contributed by atoms with Crippen LogP contribution in [0.25, 0.3) is 0 Å². The van der Waals surface area contributed by atoms with Crippen LogP contribution < -0.4 is 5.73 Å². The third-order valence-corrected chi connectivity index (χ3v) is 1.62. The van der Waals surface area contributed by atoms with E-state index in [1.807, 2.05) is 0 Å². The van der Waals surface area contributed by atoms with Gasteiger partial charge in [0.1, 0.15) is 6.23 Å². The van der Waals surface area contributed by atoms with E-state index in [0.29, 0.717) is 0 Å². The van der Waals surface area contributed by atoms with E-state index < -0.39 is 43.8 Å². The minimum absolute atomic E-state index is 0.723. The summed E-state index contributed by atoms with van der Waals surface area (Å²) in [5.41, 5.74) is 4.75. The number of nitrogens with two attached hydrogens (primary N) is 1.